The Kier molecular flexibility index (Phi) is 4.27. The zero-order valence-electron chi connectivity index (χ0n) is 12.5. The maximum absolute atomic E-state index is 11.7. The molecule has 114 valence electrons. The maximum atomic E-state index is 11.7. The largest absolute Gasteiger partial charge is 0.481 e. The monoisotopic (exact) mass is 305 g/mol. The van der Waals surface area contributed by atoms with Gasteiger partial charge in [0.2, 0.25) is 0 Å². The molecular weight excluding hydrogens is 282 g/mol. The molecule has 0 unspecified atom stereocenters. The van der Waals surface area contributed by atoms with Crippen LogP contribution in [0.3, 0.4) is 0 Å². The molecule has 0 bridgehead atoms. The Bertz CT molecular complexity index is 533. The second-order valence-electron chi connectivity index (χ2n) is 6.30. The molecule has 2 fully saturated rings. The van der Waals surface area contributed by atoms with Gasteiger partial charge >= 0.3 is 5.97 Å². The Morgan fingerprint density at radius 3 is 3.10 bits per heavy atom. The molecule has 1 aromatic carbocycles. The van der Waals surface area contributed by atoms with Crippen LogP contribution < -0.4 is 0 Å². The third kappa shape index (κ3) is 2.84. The summed E-state index contributed by atoms with van der Waals surface area (Å²) in [6.07, 6.45) is 3.01. The fourth-order valence-electron chi connectivity index (χ4n) is 4.02. The van der Waals surface area contributed by atoms with Crippen LogP contribution in [0.25, 0.3) is 0 Å². The summed E-state index contributed by atoms with van der Waals surface area (Å²) in [6, 6.07) is 8.66. The molecule has 1 aliphatic carbocycles. The van der Waals surface area contributed by atoms with E-state index in [1.54, 1.807) is 0 Å². The Labute approximate surface area is 130 Å². The van der Waals surface area contributed by atoms with Gasteiger partial charge in [-0.1, -0.05) is 25.5 Å². The highest BCUT2D eigenvalue weighted by Gasteiger charge is 2.54. The number of benzene rings is 1. The number of nitrogens with zero attached hydrogens (tertiary/aromatic N) is 1. The highest BCUT2D eigenvalue weighted by atomic mass is 32.2. The minimum atomic E-state index is -0.581. The van der Waals surface area contributed by atoms with Crippen molar-refractivity contribution in [3.63, 3.8) is 0 Å². The van der Waals surface area contributed by atoms with Crippen molar-refractivity contribution >= 4 is 17.7 Å². The lowest BCUT2D eigenvalue weighted by molar-refractivity contribution is -0.149. The molecule has 0 radical (unpaired) electrons. The molecule has 0 amide bonds. The number of hydrogen-bond acceptors (Lipinski definition) is 3. The first-order valence-electron chi connectivity index (χ1n) is 7.81. The third-order valence-electron chi connectivity index (χ3n) is 4.98. The van der Waals surface area contributed by atoms with E-state index >= 15 is 0 Å². The number of hydrogen-bond donors (Lipinski definition) is 1. The topological polar surface area (TPSA) is 40.5 Å². The Morgan fingerprint density at radius 2 is 2.38 bits per heavy atom. The molecule has 1 aromatic rings. The van der Waals surface area contributed by atoms with Gasteiger partial charge in [0.05, 0.1) is 5.41 Å². The number of rotatable bonds is 5. The average Bonchev–Trinajstić information content (AvgIpc) is 2.97. The van der Waals surface area contributed by atoms with Gasteiger partial charge in [0.1, 0.15) is 0 Å². The lowest BCUT2D eigenvalue weighted by Gasteiger charge is -2.23. The van der Waals surface area contributed by atoms with Crippen LogP contribution in [0.2, 0.25) is 0 Å². The fourth-order valence-corrected chi connectivity index (χ4v) is 4.76. The van der Waals surface area contributed by atoms with E-state index in [-0.39, 0.29) is 0 Å². The molecule has 2 aliphatic rings. The summed E-state index contributed by atoms with van der Waals surface area (Å²) in [5.74, 6) is 0.850. The van der Waals surface area contributed by atoms with Crippen molar-refractivity contribution < 1.29 is 9.90 Å². The van der Waals surface area contributed by atoms with Gasteiger partial charge in [0, 0.05) is 24.5 Å². The quantitative estimate of drug-likeness (QED) is 0.846. The van der Waals surface area contributed by atoms with E-state index in [1.807, 2.05) is 11.8 Å². The van der Waals surface area contributed by atoms with Crippen molar-refractivity contribution in [1.82, 2.24) is 4.90 Å². The van der Waals surface area contributed by atoms with Crippen LogP contribution in [0, 0.1) is 11.3 Å². The second kappa shape index (κ2) is 6.01. The lowest BCUT2D eigenvalue weighted by Crippen LogP contribution is -2.35. The zero-order valence-corrected chi connectivity index (χ0v) is 13.4. The molecular formula is C17H23NO2S. The first-order chi connectivity index (χ1) is 10.1. The summed E-state index contributed by atoms with van der Waals surface area (Å²) in [5.41, 5.74) is 0.837. The molecule has 1 N–H and O–H groups in total. The smallest absolute Gasteiger partial charge is 0.311 e. The molecule has 3 nitrogen and oxygen atoms in total. The molecule has 2 atom stereocenters. The Balaban J connectivity index is 1.70. The zero-order chi connectivity index (χ0) is 14.9. The SMILES string of the molecule is CCSc1cccc(CN2C[C@@H]3CCC[C@@]3(C(=O)O)C2)c1. The average molecular weight is 305 g/mol. The van der Waals surface area contributed by atoms with Crippen molar-refractivity contribution in [1.29, 1.82) is 0 Å². The summed E-state index contributed by atoms with van der Waals surface area (Å²) in [4.78, 5) is 15.4. The predicted molar refractivity (Wildman–Crippen MR) is 85.5 cm³/mol. The van der Waals surface area contributed by atoms with Gasteiger partial charge in [-0.3, -0.25) is 9.69 Å². The van der Waals surface area contributed by atoms with E-state index in [0.29, 0.717) is 5.92 Å². The first-order valence-corrected chi connectivity index (χ1v) is 8.80. The normalized spacial score (nSPS) is 28.7. The molecule has 1 saturated heterocycles. The van der Waals surface area contributed by atoms with Crippen molar-refractivity contribution in [3.05, 3.63) is 29.8 Å². The molecule has 1 aliphatic heterocycles. The minimum absolute atomic E-state index is 0.350. The molecule has 3 rings (SSSR count). The molecule has 0 aromatic heterocycles. The van der Waals surface area contributed by atoms with Crippen molar-refractivity contribution in [2.75, 3.05) is 18.8 Å². The van der Waals surface area contributed by atoms with Gasteiger partial charge in [-0.2, -0.15) is 0 Å². The van der Waals surface area contributed by atoms with Crippen LogP contribution in [-0.4, -0.2) is 34.8 Å². The summed E-state index contributed by atoms with van der Waals surface area (Å²) >= 11 is 1.86. The highest BCUT2D eigenvalue weighted by Crippen LogP contribution is 2.49. The van der Waals surface area contributed by atoms with Crippen LogP contribution in [0.5, 0.6) is 0 Å². The summed E-state index contributed by atoms with van der Waals surface area (Å²) < 4.78 is 0. The van der Waals surface area contributed by atoms with Gasteiger partial charge < -0.3 is 5.11 Å². The standard InChI is InChI=1S/C17H23NO2S/c1-2-21-15-7-3-5-13(9-15)10-18-11-14-6-4-8-17(14,12-18)16(19)20/h3,5,7,9,14H,2,4,6,8,10-12H2,1H3,(H,19,20)/t14-,17+/m0/s1. The van der Waals surface area contributed by atoms with Crippen molar-refractivity contribution in [2.45, 2.75) is 37.6 Å². The summed E-state index contributed by atoms with van der Waals surface area (Å²) in [6.45, 7) is 4.70. The second-order valence-corrected chi connectivity index (χ2v) is 7.64. The fraction of sp³-hybridized carbons (Fsp3) is 0.588. The van der Waals surface area contributed by atoms with Crippen LogP contribution in [0.15, 0.2) is 29.2 Å². The number of carboxylic acids is 1. The third-order valence-corrected chi connectivity index (χ3v) is 5.86. The molecule has 0 spiro atoms. The first kappa shape index (κ1) is 14.9. The van der Waals surface area contributed by atoms with Crippen LogP contribution in [-0.2, 0) is 11.3 Å². The minimum Gasteiger partial charge on any atom is -0.481 e. The van der Waals surface area contributed by atoms with E-state index in [0.717, 1.165) is 44.6 Å². The summed E-state index contributed by atoms with van der Waals surface area (Å²) in [5, 5.41) is 9.64. The maximum Gasteiger partial charge on any atom is 0.311 e. The molecule has 1 heterocycles. The van der Waals surface area contributed by atoms with Crippen LogP contribution >= 0.6 is 11.8 Å². The highest BCUT2D eigenvalue weighted by molar-refractivity contribution is 7.99. The van der Waals surface area contributed by atoms with Gasteiger partial charge in [0.25, 0.3) is 0 Å². The van der Waals surface area contributed by atoms with Gasteiger partial charge in [-0.25, -0.2) is 0 Å². The Morgan fingerprint density at radius 1 is 1.52 bits per heavy atom. The van der Waals surface area contributed by atoms with Crippen LogP contribution in [0.1, 0.15) is 31.7 Å². The molecule has 21 heavy (non-hydrogen) atoms. The number of carboxylic acid groups (broad SMARTS) is 1. The van der Waals surface area contributed by atoms with E-state index in [2.05, 4.69) is 36.1 Å². The molecule has 1 saturated carbocycles. The number of carbonyl (C=O) groups is 1. The lowest BCUT2D eigenvalue weighted by atomic mass is 9.81. The van der Waals surface area contributed by atoms with E-state index in [1.165, 1.54) is 10.5 Å². The van der Waals surface area contributed by atoms with Gasteiger partial charge in [0.15, 0.2) is 0 Å². The number of fused-ring (bicyclic) bond motifs is 1. The number of thioether (sulfide) groups is 1. The molecule has 4 heteroatoms. The predicted octanol–water partition coefficient (Wildman–Crippen LogP) is 3.49. The van der Waals surface area contributed by atoms with E-state index < -0.39 is 11.4 Å². The number of aliphatic carboxylic acids is 1. The van der Waals surface area contributed by atoms with Gasteiger partial charge in [-0.05, 0) is 42.2 Å². The Hall–Kier alpha value is -1.00. The van der Waals surface area contributed by atoms with Crippen molar-refractivity contribution in [2.24, 2.45) is 11.3 Å². The summed E-state index contributed by atoms with van der Waals surface area (Å²) in [7, 11) is 0. The van der Waals surface area contributed by atoms with E-state index in [4.69, 9.17) is 0 Å². The van der Waals surface area contributed by atoms with Crippen molar-refractivity contribution in [3.8, 4) is 0 Å². The van der Waals surface area contributed by atoms with E-state index in [9.17, 15) is 9.90 Å². The van der Waals surface area contributed by atoms with Crippen LogP contribution in [0.4, 0.5) is 0 Å². The van der Waals surface area contributed by atoms with Gasteiger partial charge in [-0.15, -0.1) is 11.8 Å². The number of likely N-dealkylation sites (tertiary alicyclic amines) is 1.